The molecule has 1 aromatic rings. The van der Waals surface area contributed by atoms with Crippen LogP contribution in [0.3, 0.4) is 0 Å². The van der Waals surface area contributed by atoms with Crippen LogP contribution in [-0.2, 0) is 11.8 Å². The van der Waals surface area contributed by atoms with Gasteiger partial charge in [-0.15, -0.1) is 0 Å². The summed E-state index contributed by atoms with van der Waals surface area (Å²) in [4.78, 5) is 8.56. The standard InChI is InChI=1S/C23H37NO2.C2H6.CH3NO.CH4O/c1-5-7-13-23(6-2)20-18(11-12-19(25)21(20)26)14-22(23,4)16(3)24-15-17-9-8-10-17;1-2;1-2-3;1-2/h11-12,16-17,24-26H,5-10,13-15H2,1-4H3;1-2H3;1H3;2H,1H3. The van der Waals surface area contributed by atoms with Crippen LogP contribution in [0.15, 0.2) is 17.3 Å². The molecule has 0 saturated heterocycles. The van der Waals surface area contributed by atoms with E-state index in [9.17, 15) is 10.2 Å². The van der Waals surface area contributed by atoms with E-state index in [0.29, 0.717) is 6.04 Å². The number of phenols is 2. The molecule has 33 heavy (non-hydrogen) atoms. The SMILES string of the molecule is CC.CCCCC1(CC)c2c(ccc(O)c2O)CC1(C)C(C)NCC1CCC1.CN=O.CO. The Bertz CT molecular complexity index is 693. The zero-order chi connectivity index (χ0) is 25.7. The number of aromatic hydroxyl groups is 2. The summed E-state index contributed by atoms with van der Waals surface area (Å²) in [6.45, 7) is 14.3. The second-order valence-corrected chi connectivity index (χ2v) is 9.21. The fourth-order valence-corrected chi connectivity index (χ4v) is 5.63. The van der Waals surface area contributed by atoms with E-state index in [4.69, 9.17) is 10.0 Å². The van der Waals surface area contributed by atoms with Crippen LogP contribution in [-0.4, -0.2) is 42.1 Å². The lowest BCUT2D eigenvalue weighted by Gasteiger charge is -2.49. The first-order valence-corrected chi connectivity index (χ1v) is 12.7. The Morgan fingerprint density at radius 3 is 2.21 bits per heavy atom. The fourth-order valence-electron chi connectivity index (χ4n) is 5.63. The van der Waals surface area contributed by atoms with Crippen molar-refractivity contribution in [1.29, 1.82) is 0 Å². The highest BCUT2D eigenvalue weighted by atomic mass is 16.3. The molecule has 6 nitrogen and oxygen atoms in total. The van der Waals surface area contributed by atoms with Crippen molar-refractivity contribution in [1.82, 2.24) is 5.32 Å². The molecule has 2 aliphatic rings. The van der Waals surface area contributed by atoms with Crippen molar-refractivity contribution >= 4 is 0 Å². The van der Waals surface area contributed by atoms with Gasteiger partial charge in [0, 0.05) is 24.1 Å². The molecule has 0 heterocycles. The first-order chi connectivity index (χ1) is 15.8. The highest BCUT2D eigenvalue weighted by Gasteiger charge is 2.57. The first-order valence-electron chi connectivity index (χ1n) is 12.7. The van der Waals surface area contributed by atoms with Crippen molar-refractivity contribution < 1.29 is 15.3 Å². The Morgan fingerprint density at radius 2 is 1.76 bits per heavy atom. The molecular weight excluding hydrogens is 416 g/mol. The van der Waals surface area contributed by atoms with Gasteiger partial charge in [0.2, 0.25) is 0 Å². The number of hydrogen-bond acceptors (Lipinski definition) is 6. The number of aliphatic hydroxyl groups excluding tert-OH is 1. The lowest BCUT2D eigenvalue weighted by atomic mass is 9.57. The molecule has 2 aliphatic carbocycles. The van der Waals surface area contributed by atoms with E-state index in [1.54, 1.807) is 6.07 Å². The first kappa shape index (κ1) is 31.3. The molecule has 3 atom stereocenters. The number of phenolic OH excluding ortho intramolecular Hbond substituents is 2. The van der Waals surface area contributed by atoms with Crippen LogP contribution in [0.1, 0.15) is 97.6 Å². The smallest absolute Gasteiger partial charge is 0.161 e. The number of fused-ring (bicyclic) bond motifs is 1. The number of rotatable bonds is 8. The van der Waals surface area contributed by atoms with Crippen molar-refractivity contribution in [3.05, 3.63) is 28.2 Å². The number of nitrogens with one attached hydrogen (secondary N) is 1. The monoisotopic (exact) mass is 466 g/mol. The lowest BCUT2D eigenvalue weighted by molar-refractivity contribution is 0.0848. The van der Waals surface area contributed by atoms with Gasteiger partial charge in [-0.3, -0.25) is 0 Å². The van der Waals surface area contributed by atoms with E-state index in [-0.39, 0.29) is 22.3 Å². The molecule has 6 heteroatoms. The van der Waals surface area contributed by atoms with Gasteiger partial charge in [-0.2, -0.15) is 4.91 Å². The molecule has 0 aromatic heterocycles. The lowest BCUT2D eigenvalue weighted by Crippen LogP contribution is -2.53. The summed E-state index contributed by atoms with van der Waals surface area (Å²) in [5.74, 6) is 0.988. The Balaban J connectivity index is 0.00000132. The van der Waals surface area contributed by atoms with Gasteiger partial charge in [-0.1, -0.05) is 65.1 Å². The largest absolute Gasteiger partial charge is 0.504 e. The zero-order valence-corrected chi connectivity index (χ0v) is 22.4. The van der Waals surface area contributed by atoms with Crippen LogP contribution in [0.2, 0.25) is 0 Å². The highest BCUT2D eigenvalue weighted by molar-refractivity contribution is 5.57. The Hall–Kier alpha value is -1.66. The van der Waals surface area contributed by atoms with Crippen LogP contribution in [0.25, 0.3) is 0 Å². The predicted octanol–water partition coefficient (Wildman–Crippen LogP) is 6.29. The minimum atomic E-state index is -0.0901. The molecule has 3 rings (SSSR count). The number of aliphatic hydroxyl groups is 1. The highest BCUT2D eigenvalue weighted by Crippen LogP contribution is 2.61. The molecule has 1 fully saturated rings. The topological polar surface area (TPSA) is 102 Å². The van der Waals surface area contributed by atoms with Gasteiger partial charge < -0.3 is 20.6 Å². The summed E-state index contributed by atoms with van der Waals surface area (Å²) in [5.41, 5.74) is 2.19. The summed E-state index contributed by atoms with van der Waals surface area (Å²) in [6, 6.07) is 4.06. The maximum absolute atomic E-state index is 10.8. The molecular formula is C27H50N2O4. The van der Waals surface area contributed by atoms with E-state index < -0.39 is 0 Å². The molecule has 1 saturated carbocycles. The van der Waals surface area contributed by atoms with Crippen molar-refractivity contribution in [3.63, 3.8) is 0 Å². The molecule has 0 spiro atoms. The van der Waals surface area contributed by atoms with E-state index in [1.165, 1.54) is 31.9 Å². The van der Waals surface area contributed by atoms with Gasteiger partial charge in [-0.25, -0.2) is 0 Å². The van der Waals surface area contributed by atoms with Gasteiger partial charge in [0.25, 0.3) is 0 Å². The average molecular weight is 467 g/mol. The number of nitrogens with zero attached hydrogens (tertiary/aromatic N) is 1. The van der Waals surface area contributed by atoms with Crippen molar-refractivity contribution in [2.45, 2.75) is 104 Å². The van der Waals surface area contributed by atoms with Crippen LogP contribution in [0.5, 0.6) is 11.5 Å². The van der Waals surface area contributed by atoms with Gasteiger partial charge in [0.15, 0.2) is 11.5 Å². The summed E-state index contributed by atoms with van der Waals surface area (Å²) in [6.07, 6.45) is 9.42. The second-order valence-electron chi connectivity index (χ2n) is 9.21. The number of benzene rings is 1. The van der Waals surface area contributed by atoms with E-state index in [0.717, 1.165) is 57.2 Å². The minimum absolute atomic E-state index is 0.0254. The zero-order valence-electron chi connectivity index (χ0n) is 22.4. The Morgan fingerprint density at radius 1 is 1.18 bits per heavy atom. The average Bonchev–Trinajstić information content (AvgIpc) is 3.06. The van der Waals surface area contributed by atoms with Crippen LogP contribution >= 0.6 is 0 Å². The predicted molar refractivity (Wildman–Crippen MR) is 139 cm³/mol. The third kappa shape index (κ3) is 6.69. The van der Waals surface area contributed by atoms with E-state index >= 15 is 0 Å². The number of unbranched alkanes of at least 4 members (excludes halogenated alkanes) is 1. The third-order valence-electron chi connectivity index (χ3n) is 7.83. The summed E-state index contributed by atoms with van der Waals surface area (Å²) >= 11 is 0. The Kier molecular flexibility index (Phi) is 14.5. The molecule has 192 valence electrons. The summed E-state index contributed by atoms with van der Waals surface area (Å²) < 4.78 is 0. The van der Waals surface area contributed by atoms with Gasteiger partial charge in [0.05, 0.1) is 7.05 Å². The molecule has 0 bridgehead atoms. The van der Waals surface area contributed by atoms with Crippen LogP contribution in [0, 0.1) is 16.2 Å². The maximum Gasteiger partial charge on any atom is 0.161 e. The van der Waals surface area contributed by atoms with Crippen LogP contribution in [0.4, 0.5) is 0 Å². The molecule has 0 amide bonds. The van der Waals surface area contributed by atoms with Crippen molar-refractivity contribution in [3.8, 4) is 11.5 Å². The second kappa shape index (κ2) is 15.3. The third-order valence-corrected chi connectivity index (χ3v) is 7.83. The van der Waals surface area contributed by atoms with Gasteiger partial charge in [0.1, 0.15) is 0 Å². The van der Waals surface area contributed by atoms with Crippen molar-refractivity contribution in [2.24, 2.45) is 16.5 Å². The summed E-state index contributed by atoms with van der Waals surface area (Å²) in [5, 5.41) is 34.1. The number of nitroso groups, excluding NO2 is 1. The number of hydrogen-bond donors (Lipinski definition) is 4. The quantitative estimate of drug-likeness (QED) is 0.266. The normalized spacial score (nSPS) is 23.9. The molecule has 0 aliphatic heterocycles. The summed E-state index contributed by atoms with van der Waals surface area (Å²) in [7, 11) is 2.19. The molecule has 1 aromatic carbocycles. The van der Waals surface area contributed by atoms with Gasteiger partial charge >= 0.3 is 0 Å². The molecule has 0 radical (unpaired) electrons. The van der Waals surface area contributed by atoms with E-state index in [1.807, 2.05) is 19.9 Å². The Labute approximate surface area is 202 Å². The van der Waals surface area contributed by atoms with E-state index in [2.05, 4.69) is 38.2 Å². The van der Waals surface area contributed by atoms with Crippen LogP contribution < -0.4 is 5.32 Å². The van der Waals surface area contributed by atoms with Crippen molar-refractivity contribution in [2.75, 3.05) is 20.7 Å². The molecule has 4 N–H and O–H groups in total. The fraction of sp³-hybridized carbons (Fsp3) is 0.778. The maximum atomic E-state index is 10.8. The molecule has 3 unspecified atom stereocenters. The van der Waals surface area contributed by atoms with Gasteiger partial charge in [-0.05, 0) is 68.5 Å². The minimum Gasteiger partial charge on any atom is -0.504 e.